The summed E-state index contributed by atoms with van der Waals surface area (Å²) in [6.45, 7) is 0.647. The molecule has 0 unspecified atom stereocenters. The van der Waals surface area contributed by atoms with Gasteiger partial charge in [0.25, 0.3) is 0 Å². The molecule has 1 N–H and O–H groups in total. The number of anilines is 1. The quantitative estimate of drug-likeness (QED) is 0.789. The van der Waals surface area contributed by atoms with Gasteiger partial charge in [-0.3, -0.25) is 0 Å². The van der Waals surface area contributed by atoms with E-state index in [2.05, 4.69) is 26.9 Å². The Morgan fingerprint density at radius 1 is 1.14 bits per heavy atom. The highest BCUT2D eigenvalue weighted by atomic mass is 15.5. The van der Waals surface area contributed by atoms with Gasteiger partial charge >= 0.3 is 0 Å². The summed E-state index contributed by atoms with van der Waals surface area (Å²) < 4.78 is 1.60. The molecule has 0 aliphatic heterocycles. The van der Waals surface area contributed by atoms with Crippen molar-refractivity contribution in [2.24, 2.45) is 0 Å². The van der Waals surface area contributed by atoms with E-state index in [-0.39, 0.29) is 0 Å². The van der Waals surface area contributed by atoms with E-state index in [1.807, 2.05) is 42.5 Å². The molecule has 0 aliphatic rings. The summed E-state index contributed by atoms with van der Waals surface area (Å²) in [5.74, 6) is 0. The van der Waals surface area contributed by atoms with E-state index in [1.54, 1.807) is 17.1 Å². The molecule has 0 fully saturated rings. The molecule has 0 aliphatic carbocycles. The highest BCUT2D eigenvalue weighted by Crippen LogP contribution is 2.15. The van der Waals surface area contributed by atoms with Crippen molar-refractivity contribution in [3.63, 3.8) is 0 Å². The SMILES string of the molecule is N#Cc1cccc(CNc2cccc(-n3cnnn3)c2)c1. The lowest BCUT2D eigenvalue weighted by Gasteiger charge is -2.08. The number of aromatic nitrogens is 4. The Labute approximate surface area is 121 Å². The molecule has 0 saturated carbocycles. The number of nitrogens with one attached hydrogen (secondary N) is 1. The fourth-order valence-corrected chi connectivity index (χ4v) is 1.99. The fourth-order valence-electron chi connectivity index (χ4n) is 1.99. The molecular formula is C15H12N6. The van der Waals surface area contributed by atoms with Crippen LogP contribution in [0.15, 0.2) is 54.9 Å². The van der Waals surface area contributed by atoms with Gasteiger partial charge in [0.05, 0.1) is 17.3 Å². The zero-order valence-corrected chi connectivity index (χ0v) is 11.1. The topological polar surface area (TPSA) is 79.4 Å². The average molecular weight is 276 g/mol. The molecule has 1 heterocycles. The van der Waals surface area contributed by atoms with E-state index in [4.69, 9.17) is 5.26 Å². The predicted octanol–water partition coefficient (Wildman–Crippen LogP) is 2.15. The average Bonchev–Trinajstić information content (AvgIpc) is 3.08. The zero-order chi connectivity index (χ0) is 14.5. The van der Waals surface area contributed by atoms with Crippen LogP contribution in [0.3, 0.4) is 0 Å². The second kappa shape index (κ2) is 5.84. The van der Waals surface area contributed by atoms with Crippen molar-refractivity contribution in [1.29, 1.82) is 5.26 Å². The standard InChI is InChI=1S/C15H12N6/c16-9-12-3-1-4-13(7-12)10-17-14-5-2-6-15(8-14)21-11-18-19-20-21/h1-8,11,17H,10H2. The highest BCUT2D eigenvalue weighted by molar-refractivity contribution is 5.51. The summed E-state index contributed by atoms with van der Waals surface area (Å²) in [7, 11) is 0. The van der Waals surface area contributed by atoms with Crippen LogP contribution < -0.4 is 5.32 Å². The molecule has 6 heteroatoms. The van der Waals surface area contributed by atoms with E-state index >= 15 is 0 Å². The Kier molecular flexibility index (Phi) is 3.56. The third-order valence-corrected chi connectivity index (χ3v) is 3.01. The van der Waals surface area contributed by atoms with Gasteiger partial charge in [-0.15, -0.1) is 5.10 Å². The monoisotopic (exact) mass is 276 g/mol. The van der Waals surface area contributed by atoms with Gasteiger partial charge in [0.15, 0.2) is 0 Å². The van der Waals surface area contributed by atoms with Gasteiger partial charge in [-0.2, -0.15) is 5.26 Å². The van der Waals surface area contributed by atoms with Crippen molar-refractivity contribution in [1.82, 2.24) is 20.2 Å². The number of nitriles is 1. The largest absolute Gasteiger partial charge is 0.381 e. The normalized spacial score (nSPS) is 10.0. The maximum Gasteiger partial charge on any atom is 0.143 e. The van der Waals surface area contributed by atoms with Crippen LogP contribution >= 0.6 is 0 Å². The minimum atomic E-state index is 0.647. The van der Waals surface area contributed by atoms with Crippen LogP contribution in [0.4, 0.5) is 5.69 Å². The van der Waals surface area contributed by atoms with Crippen LogP contribution in [0, 0.1) is 11.3 Å². The fraction of sp³-hybridized carbons (Fsp3) is 0.0667. The van der Waals surface area contributed by atoms with Crippen molar-refractivity contribution in [3.8, 4) is 11.8 Å². The first-order valence-corrected chi connectivity index (χ1v) is 6.41. The molecule has 102 valence electrons. The summed E-state index contributed by atoms with van der Waals surface area (Å²) in [6.07, 6.45) is 1.55. The van der Waals surface area contributed by atoms with Crippen molar-refractivity contribution < 1.29 is 0 Å². The molecule has 0 spiro atoms. The van der Waals surface area contributed by atoms with Gasteiger partial charge in [0.1, 0.15) is 6.33 Å². The van der Waals surface area contributed by atoms with Gasteiger partial charge in [-0.05, 0) is 46.3 Å². The number of nitrogens with zero attached hydrogens (tertiary/aromatic N) is 5. The van der Waals surface area contributed by atoms with Crippen LogP contribution in [0.5, 0.6) is 0 Å². The van der Waals surface area contributed by atoms with E-state index in [1.165, 1.54) is 0 Å². The van der Waals surface area contributed by atoms with Crippen LogP contribution in [-0.2, 0) is 6.54 Å². The minimum Gasteiger partial charge on any atom is -0.381 e. The van der Waals surface area contributed by atoms with Crippen molar-refractivity contribution >= 4 is 5.69 Å². The third kappa shape index (κ3) is 3.04. The lowest BCUT2D eigenvalue weighted by atomic mass is 10.1. The van der Waals surface area contributed by atoms with E-state index < -0.39 is 0 Å². The lowest BCUT2D eigenvalue weighted by Crippen LogP contribution is -2.01. The van der Waals surface area contributed by atoms with Gasteiger partial charge in [0, 0.05) is 12.2 Å². The van der Waals surface area contributed by atoms with Crippen LogP contribution in [-0.4, -0.2) is 20.2 Å². The number of hydrogen-bond acceptors (Lipinski definition) is 5. The number of tetrazole rings is 1. The van der Waals surface area contributed by atoms with Crippen LogP contribution in [0.1, 0.15) is 11.1 Å². The summed E-state index contributed by atoms with van der Waals surface area (Å²) in [6, 6.07) is 17.5. The summed E-state index contributed by atoms with van der Waals surface area (Å²) in [5.41, 5.74) is 3.57. The molecule has 2 aromatic carbocycles. The predicted molar refractivity (Wildman–Crippen MR) is 77.6 cm³/mol. The summed E-state index contributed by atoms with van der Waals surface area (Å²) >= 11 is 0. The maximum atomic E-state index is 8.90. The van der Waals surface area contributed by atoms with Crippen molar-refractivity contribution in [2.75, 3.05) is 5.32 Å². The Morgan fingerprint density at radius 3 is 2.86 bits per heavy atom. The molecule has 0 atom stereocenters. The van der Waals surface area contributed by atoms with Crippen molar-refractivity contribution in [2.45, 2.75) is 6.54 Å². The van der Waals surface area contributed by atoms with Crippen LogP contribution in [0.2, 0.25) is 0 Å². The number of rotatable bonds is 4. The molecular weight excluding hydrogens is 264 g/mol. The molecule has 1 aromatic heterocycles. The summed E-state index contributed by atoms with van der Waals surface area (Å²) in [5, 5.41) is 23.3. The summed E-state index contributed by atoms with van der Waals surface area (Å²) in [4.78, 5) is 0. The smallest absolute Gasteiger partial charge is 0.143 e. The number of hydrogen-bond donors (Lipinski definition) is 1. The first kappa shape index (κ1) is 12.8. The molecule has 3 rings (SSSR count). The maximum absolute atomic E-state index is 8.90. The molecule has 0 bridgehead atoms. The van der Waals surface area contributed by atoms with Gasteiger partial charge in [-0.25, -0.2) is 4.68 Å². The highest BCUT2D eigenvalue weighted by Gasteiger charge is 2.00. The van der Waals surface area contributed by atoms with Gasteiger partial charge < -0.3 is 5.32 Å². The van der Waals surface area contributed by atoms with Crippen LogP contribution in [0.25, 0.3) is 5.69 Å². The zero-order valence-electron chi connectivity index (χ0n) is 11.1. The second-order valence-corrected chi connectivity index (χ2v) is 4.47. The molecule has 3 aromatic rings. The molecule has 0 radical (unpaired) electrons. The second-order valence-electron chi connectivity index (χ2n) is 4.47. The third-order valence-electron chi connectivity index (χ3n) is 3.01. The lowest BCUT2D eigenvalue weighted by molar-refractivity contribution is 0.789. The molecule has 0 saturated heterocycles. The van der Waals surface area contributed by atoms with Gasteiger partial charge in [0.2, 0.25) is 0 Å². The first-order valence-electron chi connectivity index (χ1n) is 6.41. The van der Waals surface area contributed by atoms with E-state index in [0.29, 0.717) is 12.1 Å². The van der Waals surface area contributed by atoms with E-state index in [9.17, 15) is 0 Å². The Morgan fingerprint density at radius 2 is 2.05 bits per heavy atom. The Hall–Kier alpha value is -3.20. The molecule has 21 heavy (non-hydrogen) atoms. The Bertz CT molecular complexity index is 773. The minimum absolute atomic E-state index is 0.647. The number of benzene rings is 2. The Balaban J connectivity index is 1.73. The van der Waals surface area contributed by atoms with E-state index in [0.717, 1.165) is 16.9 Å². The molecule has 6 nitrogen and oxygen atoms in total. The molecule has 0 amide bonds. The van der Waals surface area contributed by atoms with Gasteiger partial charge in [-0.1, -0.05) is 18.2 Å². The first-order chi connectivity index (χ1) is 10.3. The van der Waals surface area contributed by atoms with Crippen molar-refractivity contribution in [3.05, 3.63) is 66.0 Å².